The minimum atomic E-state index is -0.432. The van der Waals surface area contributed by atoms with Gasteiger partial charge in [-0.25, -0.2) is 0 Å². The lowest BCUT2D eigenvalue weighted by molar-refractivity contribution is -0.155. The minimum Gasteiger partial charge on any atom is -0.459 e. The summed E-state index contributed by atoms with van der Waals surface area (Å²) in [6.45, 7) is 11.6. The molecule has 0 aliphatic carbocycles. The average Bonchev–Trinajstić information content (AvgIpc) is 2.24. The third-order valence-corrected chi connectivity index (χ3v) is 2.95. The first-order valence-corrected chi connectivity index (χ1v) is 6.99. The molecule has 20 heavy (non-hydrogen) atoms. The molecule has 0 aromatic rings. The van der Waals surface area contributed by atoms with Gasteiger partial charge in [-0.15, -0.1) is 0 Å². The predicted molar refractivity (Wildman–Crippen MR) is 78.5 cm³/mol. The zero-order valence-corrected chi connectivity index (χ0v) is 13.7. The van der Waals surface area contributed by atoms with Gasteiger partial charge in [-0.05, 0) is 52.6 Å². The fraction of sp³-hybridized carbons (Fsp3) is 0.929. The molecular formula is C14H29N4O2+. The number of carbonyl (C=O) groups excluding carboxylic acids is 1. The fourth-order valence-electron chi connectivity index (χ4n) is 1.69. The van der Waals surface area contributed by atoms with Gasteiger partial charge >= 0.3 is 5.97 Å². The lowest BCUT2D eigenvalue weighted by atomic mass is 9.85. The molecule has 0 aliphatic heterocycles. The second-order valence-corrected chi connectivity index (χ2v) is 6.95. The Hall–Kier alpha value is -1.26. The quantitative estimate of drug-likeness (QED) is 0.423. The van der Waals surface area contributed by atoms with Gasteiger partial charge in [-0.2, -0.15) is 0 Å². The SMILES string of the molecule is CN(CCC(C)(C)CCN=[N+]=N)CC(=O)OC(C)(C)C. The van der Waals surface area contributed by atoms with E-state index >= 15 is 0 Å². The van der Waals surface area contributed by atoms with Crippen LogP contribution in [0.3, 0.4) is 0 Å². The van der Waals surface area contributed by atoms with Crippen molar-refractivity contribution in [3.63, 3.8) is 0 Å². The zero-order valence-electron chi connectivity index (χ0n) is 13.7. The number of esters is 1. The first kappa shape index (κ1) is 18.7. The molecule has 0 aromatic carbocycles. The molecule has 0 rings (SSSR count). The van der Waals surface area contributed by atoms with Gasteiger partial charge in [0.1, 0.15) is 22.8 Å². The van der Waals surface area contributed by atoms with Crippen molar-refractivity contribution < 1.29 is 9.53 Å². The van der Waals surface area contributed by atoms with Crippen molar-refractivity contribution in [3.8, 4) is 0 Å². The van der Waals surface area contributed by atoms with Crippen LogP contribution in [0, 0.1) is 10.9 Å². The Morgan fingerprint density at radius 3 is 2.35 bits per heavy atom. The van der Waals surface area contributed by atoms with Crippen LogP contribution < -0.4 is 4.91 Å². The van der Waals surface area contributed by atoms with Gasteiger partial charge in [-0.3, -0.25) is 9.69 Å². The van der Waals surface area contributed by atoms with Gasteiger partial charge < -0.3 is 4.74 Å². The summed E-state index contributed by atoms with van der Waals surface area (Å²) in [5.41, 5.74) is 6.32. The van der Waals surface area contributed by atoms with Crippen LogP contribution in [0.25, 0.3) is 0 Å². The maximum absolute atomic E-state index is 11.7. The number of likely N-dealkylation sites (N-methyl/N-ethyl adjacent to an activating group) is 1. The molecule has 6 nitrogen and oxygen atoms in total. The van der Waals surface area contributed by atoms with Crippen LogP contribution in [0.4, 0.5) is 0 Å². The van der Waals surface area contributed by atoms with Crippen LogP contribution in [-0.2, 0) is 9.53 Å². The Balaban J connectivity index is 4.05. The van der Waals surface area contributed by atoms with E-state index in [2.05, 4.69) is 23.9 Å². The zero-order chi connectivity index (χ0) is 15.8. The monoisotopic (exact) mass is 285 g/mol. The van der Waals surface area contributed by atoms with Crippen LogP contribution in [0.5, 0.6) is 0 Å². The third-order valence-electron chi connectivity index (χ3n) is 2.95. The van der Waals surface area contributed by atoms with E-state index in [0.717, 1.165) is 19.4 Å². The molecule has 0 aromatic heterocycles. The van der Waals surface area contributed by atoms with E-state index in [1.54, 1.807) is 0 Å². The van der Waals surface area contributed by atoms with Crippen molar-refractivity contribution in [2.45, 2.75) is 53.1 Å². The molecule has 0 saturated heterocycles. The maximum atomic E-state index is 11.7. The molecular weight excluding hydrogens is 256 g/mol. The number of rotatable bonds is 8. The van der Waals surface area contributed by atoms with E-state index < -0.39 is 5.60 Å². The summed E-state index contributed by atoms with van der Waals surface area (Å²) < 4.78 is 5.29. The van der Waals surface area contributed by atoms with E-state index in [1.807, 2.05) is 32.7 Å². The van der Waals surface area contributed by atoms with Gasteiger partial charge in [0.2, 0.25) is 4.91 Å². The molecule has 0 bridgehead atoms. The number of nitrogens with one attached hydrogen (secondary N) is 1. The molecule has 0 radical (unpaired) electrons. The lowest BCUT2D eigenvalue weighted by Crippen LogP contribution is -2.34. The highest BCUT2D eigenvalue weighted by atomic mass is 16.6. The molecule has 1 N–H and O–H groups in total. The highest BCUT2D eigenvalue weighted by molar-refractivity contribution is 5.72. The molecule has 6 heteroatoms. The number of nitrogens with zero attached hydrogens (tertiary/aromatic N) is 3. The van der Waals surface area contributed by atoms with Gasteiger partial charge in [-0.1, -0.05) is 13.8 Å². The van der Waals surface area contributed by atoms with E-state index in [4.69, 9.17) is 10.3 Å². The van der Waals surface area contributed by atoms with E-state index in [1.165, 1.54) is 0 Å². The van der Waals surface area contributed by atoms with E-state index in [-0.39, 0.29) is 11.4 Å². The lowest BCUT2D eigenvalue weighted by Gasteiger charge is -2.27. The van der Waals surface area contributed by atoms with Crippen molar-refractivity contribution in [3.05, 3.63) is 0 Å². The Labute approximate surface area is 122 Å². The van der Waals surface area contributed by atoms with Crippen molar-refractivity contribution in [1.29, 1.82) is 5.53 Å². The summed E-state index contributed by atoms with van der Waals surface area (Å²) in [4.78, 5) is 16.7. The molecule has 0 fully saturated rings. The average molecular weight is 285 g/mol. The van der Waals surface area contributed by atoms with Gasteiger partial charge in [0.25, 0.3) is 0 Å². The van der Waals surface area contributed by atoms with Gasteiger partial charge in [0, 0.05) is 0 Å². The Morgan fingerprint density at radius 2 is 1.85 bits per heavy atom. The third kappa shape index (κ3) is 10.6. The fourth-order valence-corrected chi connectivity index (χ4v) is 1.69. The van der Waals surface area contributed by atoms with Crippen molar-refractivity contribution in [2.75, 3.05) is 26.7 Å². The number of hydrogen-bond donors (Lipinski definition) is 1. The molecule has 0 aliphatic rings. The highest BCUT2D eigenvalue weighted by Crippen LogP contribution is 2.25. The van der Waals surface area contributed by atoms with Crippen LogP contribution in [0.2, 0.25) is 0 Å². The summed E-state index contributed by atoms with van der Waals surface area (Å²) in [5, 5.41) is 3.68. The molecule has 0 unspecified atom stereocenters. The maximum Gasteiger partial charge on any atom is 0.320 e. The van der Waals surface area contributed by atoms with Crippen LogP contribution in [0.1, 0.15) is 47.5 Å². The largest absolute Gasteiger partial charge is 0.459 e. The first-order valence-electron chi connectivity index (χ1n) is 6.99. The van der Waals surface area contributed by atoms with Crippen LogP contribution in [0.15, 0.2) is 5.11 Å². The minimum absolute atomic E-state index is 0.121. The summed E-state index contributed by atoms with van der Waals surface area (Å²) >= 11 is 0. The number of carbonyl (C=O) groups is 1. The standard InChI is InChI=1S/C14H29N4O2/c1-13(2,3)20-12(19)11-18(6)10-8-14(4,5)7-9-16-17-15/h15H,7-11H2,1-6H3/q+1. The number of ether oxygens (including phenoxy) is 1. The molecule has 0 spiro atoms. The second kappa shape index (κ2) is 8.12. The molecule has 0 atom stereocenters. The Morgan fingerprint density at radius 1 is 1.25 bits per heavy atom. The second-order valence-electron chi connectivity index (χ2n) is 6.95. The van der Waals surface area contributed by atoms with E-state index in [0.29, 0.717) is 13.1 Å². The summed E-state index contributed by atoms with van der Waals surface area (Å²) in [6, 6.07) is 0. The summed E-state index contributed by atoms with van der Waals surface area (Å²) in [7, 11) is 1.92. The molecule has 0 amide bonds. The molecule has 116 valence electrons. The van der Waals surface area contributed by atoms with Gasteiger partial charge in [0.05, 0.1) is 6.54 Å². The van der Waals surface area contributed by atoms with Crippen molar-refractivity contribution in [2.24, 2.45) is 10.5 Å². The van der Waals surface area contributed by atoms with Gasteiger partial charge in [0.15, 0.2) is 0 Å². The number of hydrogen-bond acceptors (Lipinski definition) is 5. The molecule has 0 heterocycles. The predicted octanol–water partition coefficient (Wildman–Crippen LogP) is 2.62. The summed E-state index contributed by atoms with van der Waals surface area (Å²) in [6.07, 6.45) is 1.84. The highest BCUT2D eigenvalue weighted by Gasteiger charge is 2.21. The van der Waals surface area contributed by atoms with Crippen LogP contribution >= 0.6 is 0 Å². The summed E-state index contributed by atoms with van der Waals surface area (Å²) in [5.74, 6) is -0.194. The Kier molecular flexibility index (Phi) is 7.61. The van der Waals surface area contributed by atoms with E-state index in [9.17, 15) is 4.79 Å². The molecule has 0 saturated carbocycles. The Bertz CT molecular complexity index is 355. The smallest absolute Gasteiger partial charge is 0.320 e. The first-order chi connectivity index (χ1) is 9.06. The van der Waals surface area contributed by atoms with Crippen LogP contribution in [-0.4, -0.2) is 43.2 Å². The van der Waals surface area contributed by atoms with Crippen molar-refractivity contribution >= 4 is 5.97 Å². The van der Waals surface area contributed by atoms with Crippen molar-refractivity contribution in [1.82, 2.24) is 9.81 Å². The topological polar surface area (TPSA) is 79.9 Å². The normalized spacial score (nSPS) is 12.2.